The van der Waals surface area contributed by atoms with Crippen LogP contribution in [0.25, 0.3) is 0 Å². The van der Waals surface area contributed by atoms with Crippen LogP contribution < -0.4 is 9.47 Å². The number of nitrogens with zero attached hydrogens (tertiary/aromatic N) is 1. The van der Waals surface area contributed by atoms with Gasteiger partial charge in [-0.15, -0.1) is 0 Å². The van der Waals surface area contributed by atoms with Gasteiger partial charge in [0.15, 0.2) is 11.5 Å². The lowest BCUT2D eigenvalue weighted by molar-refractivity contribution is 0.0180. The molecule has 8 heteroatoms. The highest BCUT2D eigenvalue weighted by Crippen LogP contribution is 2.43. The van der Waals surface area contributed by atoms with Crippen LogP contribution >= 0.6 is 12.0 Å². The number of fused-ring (bicyclic) bond motifs is 1. The number of hydrogen-bond acceptors (Lipinski definition) is 5. The summed E-state index contributed by atoms with van der Waals surface area (Å²) in [7, 11) is 3.18. The van der Waals surface area contributed by atoms with Crippen molar-refractivity contribution < 1.29 is 26.8 Å². The fraction of sp³-hybridized carbons (Fsp3) is 0.478. The highest BCUT2D eigenvalue weighted by molar-refractivity contribution is 7.94. The fourth-order valence-corrected chi connectivity index (χ4v) is 5.11. The third kappa shape index (κ3) is 5.30. The molecule has 0 saturated carbocycles. The third-order valence-corrected chi connectivity index (χ3v) is 6.89. The van der Waals surface area contributed by atoms with E-state index in [1.807, 2.05) is 17.0 Å². The first-order valence-electron chi connectivity index (χ1n) is 10.3. The van der Waals surface area contributed by atoms with Crippen molar-refractivity contribution >= 4 is 12.0 Å². The maximum Gasteiger partial charge on any atom is 0.161 e. The van der Waals surface area contributed by atoms with Crippen LogP contribution in [0.4, 0.5) is 13.2 Å². The zero-order valence-corrected chi connectivity index (χ0v) is 18.4. The van der Waals surface area contributed by atoms with Gasteiger partial charge >= 0.3 is 0 Å². The van der Waals surface area contributed by atoms with Gasteiger partial charge in [-0.3, -0.25) is 4.90 Å². The van der Waals surface area contributed by atoms with Crippen molar-refractivity contribution in [2.45, 2.75) is 48.9 Å². The monoisotopic (exact) mass is 453 g/mol. The van der Waals surface area contributed by atoms with Crippen LogP contribution in [-0.2, 0) is 17.1 Å². The highest BCUT2D eigenvalue weighted by Gasteiger charge is 2.38. The molecule has 4 rings (SSSR count). The van der Waals surface area contributed by atoms with Crippen LogP contribution in [0, 0.1) is 11.6 Å². The van der Waals surface area contributed by atoms with Gasteiger partial charge in [-0.2, -0.15) is 0 Å². The number of halogens is 3. The first kappa shape index (κ1) is 22.3. The Hall–Kier alpha value is -1.90. The predicted molar refractivity (Wildman–Crippen MR) is 113 cm³/mol. The van der Waals surface area contributed by atoms with Crippen LogP contribution in [0.3, 0.4) is 0 Å². The molecule has 1 atom stereocenters. The van der Waals surface area contributed by atoms with Crippen molar-refractivity contribution in [3.63, 3.8) is 0 Å². The van der Waals surface area contributed by atoms with Gasteiger partial charge in [0.25, 0.3) is 0 Å². The van der Waals surface area contributed by atoms with Gasteiger partial charge in [-0.05, 0) is 42.2 Å². The van der Waals surface area contributed by atoms with Crippen molar-refractivity contribution in [2.75, 3.05) is 27.3 Å². The van der Waals surface area contributed by atoms with Crippen molar-refractivity contribution in [1.29, 1.82) is 0 Å². The maximum absolute atomic E-state index is 15.6. The van der Waals surface area contributed by atoms with Crippen LogP contribution in [0.15, 0.2) is 35.2 Å². The van der Waals surface area contributed by atoms with E-state index in [1.165, 1.54) is 24.2 Å². The maximum atomic E-state index is 15.6. The summed E-state index contributed by atoms with van der Waals surface area (Å²) in [5.74, 6) is 0.115. The van der Waals surface area contributed by atoms with Crippen molar-refractivity contribution in [1.82, 2.24) is 4.90 Å². The largest absolute Gasteiger partial charge is 0.493 e. The molecule has 0 spiro atoms. The first-order chi connectivity index (χ1) is 14.9. The summed E-state index contributed by atoms with van der Waals surface area (Å²) in [5.41, 5.74) is 0.313. The molecule has 0 aliphatic carbocycles. The van der Waals surface area contributed by atoms with Crippen LogP contribution in [0.5, 0.6) is 11.5 Å². The van der Waals surface area contributed by atoms with Crippen molar-refractivity contribution in [2.24, 2.45) is 0 Å². The minimum atomic E-state index is -1.32. The van der Waals surface area contributed by atoms with E-state index >= 15 is 4.39 Å². The average molecular weight is 454 g/mol. The Morgan fingerprint density at radius 2 is 1.68 bits per heavy atom. The number of rotatable bonds is 6. The lowest BCUT2D eigenvalue weighted by Gasteiger charge is -2.38. The van der Waals surface area contributed by atoms with E-state index in [4.69, 9.17) is 13.7 Å². The van der Waals surface area contributed by atoms with Crippen molar-refractivity contribution in [3.8, 4) is 11.5 Å². The molecule has 2 aliphatic heterocycles. The number of likely N-dealkylation sites (tertiary alicyclic amines) is 1. The Morgan fingerprint density at radius 1 is 1.03 bits per heavy atom. The zero-order valence-electron chi connectivity index (χ0n) is 17.6. The second kappa shape index (κ2) is 9.30. The topological polar surface area (TPSA) is 30.9 Å². The smallest absolute Gasteiger partial charge is 0.161 e. The molecule has 2 aliphatic rings. The van der Waals surface area contributed by atoms with Crippen LogP contribution in [-0.4, -0.2) is 44.0 Å². The number of alkyl halides is 1. The first-order valence-corrected chi connectivity index (χ1v) is 11.1. The molecule has 4 nitrogen and oxygen atoms in total. The van der Waals surface area contributed by atoms with E-state index in [0.29, 0.717) is 62.4 Å². The summed E-state index contributed by atoms with van der Waals surface area (Å²) in [6.07, 6.45) is 1.43. The Labute approximate surface area is 184 Å². The molecule has 168 valence electrons. The number of benzene rings is 2. The molecule has 0 bridgehead atoms. The molecule has 0 aromatic heterocycles. The summed E-state index contributed by atoms with van der Waals surface area (Å²) in [6.45, 7) is 1.49. The minimum Gasteiger partial charge on any atom is -0.493 e. The Balaban J connectivity index is 1.34. The molecule has 1 fully saturated rings. The van der Waals surface area contributed by atoms with E-state index in [0.717, 1.165) is 16.5 Å². The zero-order chi connectivity index (χ0) is 22.0. The van der Waals surface area contributed by atoms with E-state index in [-0.39, 0.29) is 6.10 Å². The summed E-state index contributed by atoms with van der Waals surface area (Å²) < 4.78 is 59.0. The number of ether oxygens (including phenoxy) is 2. The number of piperidine rings is 1. The normalized spacial score (nSPS) is 20.9. The van der Waals surface area contributed by atoms with E-state index in [9.17, 15) is 8.78 Å². The molecular formula is C23H26F3NO3S. The van der Waals surface area contributed by atoms with Crippen LogP contribution in [0.2, 0.25) is 0 Å². The van der Waals surface area contributed by atoms with E-state index in [2.05, 4.69) is 0 Å². The second-order valence-electron chi connectivity index (χ2n) is 8.23. The Morgan fingerprint density at radius 3 is 2.32 bits per heavy atom. The van der Waals surface area contributed by atoms with E-state index < -0.39 is 17.3 Å². The molecule has 2 aromatic rings. The minimum absolute atomic E-state index is 0.232. The third-order valence-electron chi connectivity index (χ3n) is 5.96. The molecule has 1 unspecified atom stereocenters. The summed E-state index contributed by atoms with van der Waals surface area (Å²) in [5, 5.41) is 0. The average Bonchev–Trinajstić information content (AvgIpc) is 2.73. The quantitative estimate of drug-likeness (QED) is 0.552. The molecule has 1 saturated heterocycles. The molecule has 0 N–H and O–H groups in total. The Bertz CT molecular complexity index is 914. The molecule has 0 radical (unpaired) electrons. The van der Waals surface area contributed by atoms with Crippen molar-refractivity contribution in [3.05, 3.63) is 53.1 Å². The summed E-state index contributed by atoms with van der Waals surface area (Å²) >= 11 is 1.25. The fourth-order valence-electron chi connectivity index (χ4n) is 4.33. The van der Waals surface area contributed by atoms with E-state index in [1.54, 1.807) is 14.2 Å². The second-order valence-corrected chi connectivity index (χ2v) is 9.03. The van der Waals surface area contributed by atoms with Gasteiger partial charge in [0.1, 0.15) is 17.3 Å². The molecule has 31 heavy (non-hydrogen) atoms. The summed E-state index contributed by atoms with van der Waals surface area (Å²) in [4.78, 5) is 2.99. The van der Waals surface area contributed by atoms with Gasteiger partial charge < -0.3 is 13.7 Å². The lowest BCUT2D eigenvalue weighted by Crippen LogP contribution is -2.43. The molecule has 2 aromatic carbocycles. The van der Waals surface area contributed by atoms with Gasteiger partial charge in [0, 0.05) is 61.5 Å². The van der Waals surface area contributed by atoms with Gasteiger partial charge in [-0.25, -0.2) is 13.2 Å². The standard InChI is InChI=1S/C23H26F3NO3S/c1-28-20-10-16-9-19(30-31-22(16)12-21(20)29-2)13-23(26)3-5-27(6-4-23)14-15-7-17(24)11-18(25)8-15/h7-8,10-12,19H,3-6,9,13-14H2,1-2H3. The highest BCUT2D eigenvalue weighted by atomic mass is 32.2. The predicted octanol–water partition coefficient (Wildman–Crippen LogP) is 5.32. The van der Waals surface area contributed by atoms with Crippen LogP contribution in [0.1, 0.15) is 30.4 Å². The molecular weight excluding hydrogens is 427 g/mol. The van der Waals surface area contributed by atoms with Gasteiger partial charge in [0.2, 0.25) is 0 Å². The SMILES string of the molecule is COc1cc2c(cc1OC)SOC(CC1(F)CCN(Cc3cc(F)cc(F)c3)CC1)C2. The molecule has 2 heterocycles. The number of methoxy groups -OCH3 is 2. The Kier molecular flexibility index (Phi) is 6.69. The van der Waals surface area contributed by atoms with Gasteiger partial charge in [0.05, 0.1) is 20.3 Å². The lowest BCUT2D eigenvalue weighted by atomic mass is 9.86. The molecule has 0 amide bonds. The van der Waals surface area contributed by atoms with Gasteiger partial charge in [-0.1, -0.05) is 0 Å². The number of hydrogen-bond donors (Lipinski definition) is 0. The summed E-state index contributed by atoms with van der Waals surface area (Å²) in [6, 6.07) is 7.33.